The summed E-state index contributed by atoms with van der Waals surface area (Å²) in [5.41, 5.74) is 7.82. The Morgan fingerprint density at radius 2 is 1.60 bits per heavy atom. The maximum atomic E-state index is 12.9. The van der Waals surface area contributed by atoms with Gasteiger partial charge in [-0.3, -0.25) is 24.0 Å². The molecule has 1 heterocycles. The van der Waals surface area contributed by atoms with Gasteiger partial charge in [-0.1, -0.05) is 32.0 Å². The number of benzene rings is 1. The van der Waals surface area contributed by atoms with Crippen LogP contribution in [0.15, 0.2) is 30.5 Å². The molecule has 12 heteroatoms. The second-order valence-corrected chi connectivity index (χ2v) is 8.63. The number of carboxylic acids is 2. The molecule has 0 spiro atoms. The summed E-state index contributed by atoms with van der Waals surface area (Å²) in [6, 6.07) is 2.61. The first-order valence-electron chi connectivity index (χ1n) is 11.1. The number of aliphatic carboxylic acids is 2. The first-order chi connectivity index (χ1) is 16.4. The quantitative estimate of drug-likeness (QED) is 0.211. The number of nitrogens with one attached hydrogen (secondary N) is 4. The van der Waals surface area contributed by atoms with Gasteiger partial charge in [0.2, 0.25) is 17.7 Å². The lowest BCUT2D eigenvalue weighted by atomic mass is 10.0. The number of hydrogen-bond donors (Lipinski definition) is 7. The fourth-order valence-corrected chi connectivity index (χ4v) is 3.45. The largest absolute Gasteiger partial charge is 0.481 e. The predicted octanol–water partition coefficient (Wildman–Crippen LogP) is -0.273. The summed E-state index contributed by atoms with van der Waals surface area (Å²) in [6.45, 7) is 4.52. The van der Waals surface area contributed by atoms with Crippen LogP contribution in [0.4, 0.5) is 0 Å². The van der Waals surface area contributed by atoms with Crippen molar-refractivity contribution in [3.8, 4) is 0 Å². The third-order valence-electron chi connectivity index (χ3n) is 5.44. The lowest BCUT2D eigenvalue weighted by Gasteiger charge is -2.26. The molecule has 0 saturated heterocycles. The highest BCUT2D eigenvalue weighted by Gasteiger charge is 2.32. The first kappa shape index (κ1) is 27.3. The number of rotatable bonds is 12. The molecule has 0 aliphatic heterocycles. The Hall–Kier alpha value is -3.93. The fraction of sp³-hybridized carbons (Fsp3) is 0.435. The van der Waals surface area contributed by atoms with Crippen LogP contribution in [0.5, 0.6) is 0 Å². The van der Waals surface area contributed by atoms with Crippen molar-refractivity contribution in [3.05, 3.63) is 36.0 Å². The summed E-state index contributed by atoms with van der Waals surface area (Å²) in [5.74, 6) is -5.49. The van der Waals surface area contributed by atoms with Gasteiger partial charge in [0.15, 0.2) is 0 Å². The molecule has 0 saturated carbocycles. The maximum Gasteiger partial charge on any atom is 0.325 e. The highest BCUT2D eigenvalue weighted by molar-refractivity contribution is 5.95. The zero-order valence-electron chi connectivity index (χ0n) is 19.7. The average Bonchev–Trinajstić information content (AvgIpc) is 3.18. The average molecular weight is 490 g/mol. The maximum absolute atomic E-state index is 12.9. The van der Waals surface area contributed by atoms with Gasteiger partial charge in [0.05, 0.1) is 12.5 Å². The summed E-state index contributed by atoms with van der Waals surface area (Å²) in [7, 11) is 0. The molecule has 35 heavy (non-hydrogen) atoms. The number of aromatic amines is 1. The van der Waals surface area contributed by atoms with Gasteiger partial charge in [0.1, 0.15) is 18.1 Å². The second kappa shape index (κ2) is 12.0. The van der Waals surface area contributed by atoms with Gasteiger partial charge >= 0.3 is 11.9 Å². The Morgan fingerprint density at radius 3 is 2.20 bits per heavy atom. The number of amides is 3. The van der Waals surface area contributed by atoms with Crippen molar-refractivity contribution in [2.75, 3.05) is 0 Å². The molecule has 4 atom stereocenters. The van der Waals surface area contributed by atoms with Crippen LogP contribution in [0.1, 0.15) is 32.8 Å². The number of carboxylic acid groups (broad SMARTS) is 2. The van der Waals surface area contributed by atoms with Gasteiger partial charge in [0, 0.05) is 17.1 Å². The van der Waals surface area contributed by atoms with Gasteiger partial charge in [0.25, 0.3) is 0 Å². The molecule has 1 aromatic carbocycles. The third-order valence-corrected chi connectivity index (χ3v) is 5.44. The zero-order valence-corrected chi connectivity index (χ0v) is 19.7. The fourth-order valence-electron chi connectivity index (χ4n) is 3.45. The van der Waals surface area contributed by atoms with Gasteiger partial charge in [-0.2, -0.15) is 0 Å². The topological polar surface area (TPSA) is 204 Å². The van der Waals surface area contributed by atoms with Gasteiger partial charge in [-0.15, -0.1) is 0 Å². The van der Waals surface area contributed by atoms with Gasteiger partial charge in [-0.25, -0.2) is 0 Å². The number of fused-ring (bicyclic) bond motifs is 1. The number of hydrogen-bond acceptors (Lipinski definition) is 6. The summed E-state index contributed by atoms with van der Waals surface area (Å²) in [6.07, 6.45) is 1.19. The standard InChI is InChI=1S/C23H31N5O7/c1-11(2)19(22(33)27-17(9-18(29)30)21(32)26-12(3)23(34)35)28-20(31)15(24)8-13-10-25-16-7-5-4-6-14(13)16/h4-7,10-12,15,17,19,25H,8-9,24H2,1-3H3,(H,26,32)(H,27,33)(H,28,31)(H,29,30)(H,34,35). The van der Waals surface area contributed by atoms with E-state index in [-0.39, 0.29) is 6.42 Å². The van der Waals surface area contributed by atoms with E-state index in [0.717, 1.165) is 16.5 Å². The molecule has 0 radical (unpaired) electrons. The van der Waals surface area contributed by atoms with Crippen LogP contribution in [0, 0.1) is 5.92 Å². The van der Waals surface area contributed by atoms with E-state index in [2.05, 4.69) is 20.9 Å². The zero-order chi connectivity index (χ0) is 26.3. The number of carbonyl (C=O) groups is 5. The minimum absolute atomic E-state index is 0.208. The highest BCUT2D eigenvalue weighted by atomic mass is 16.4. The first-order valence-corrected chi connectivity index (χ1v) is 11.1. The minimum atomic E-state index is -1.54. The number of para-hydroxylation sites is 1. The summed E-state index contributed by atoms with van der Waals surface area (Å²) in [5, 5.41) is 26.0. The normalized spacial score (nSPS) is 14.5. The van der Waals surface area contributed by atoms with E-state index in [1.165, 1.54) is 6.92 Å². The van der Waals surface area contributed by atoms with Crippen molar-refractivity contribution in [1.82, 2.24) is 20.9 Å². The predicted molar refractivity (Wildman–Crippen MR) is 126 cm³/mol. The molecule has 4 unspecified atom stereocenters. The Bertz CT molecular complexity index is 1100. The smallest absolute Gasteiger partial charge is 0.325 e. The van der Waals surface area contributed by atoms with Crippen molar-refractivity contribution in [3.63, 3.8) is 0 Å². The highest BCUT2D eigenvalue weighted by Crippen LogP contribution is 2.19. The lowest BCUT2D eigenvalue weighted by Crippen LogP contribution is -2.58. The minimum Gasteiger partial charge on any atom is -0.481 e. The Labute approximate surface area is 201 Å². The lowest BCUT2D eigenvalue weighted by molar-refractivity contribution is -0.143. The SMILES string of the molecule is CC(NC(=O)C(CC(=O)O)NC(=O)C(NC(=O)C(N)Cc1c[nH]c2ccccc12)C(C)C)C(=O)O. The van der Waals surface area contributed by atoms with Crippen LogP contribution in [0.2, 0.25) is 0 Å². The van der Waals surface area contributed by atoms with E-state index in [9.17, 15) is 24.0 Å². The van der Waals surface area contributed by atoms with Crippen LogP contribution >= 0.6 is 0 Å². The number of H-pyrrole nitrogens is 1. The molecule has 2 aromatic rings. The Kier molecular flexibility index (Phi) is 9.34. The van der Waals surface area contributed by atoms with Crippen molar-refractivity contribution in [2.45, 2.75) is 57.8 Å². The van der Waals surface area contributed by atoms with E-state index in [4.69, 9.17) is 15.9 Å². The van der Waals surface area contributed by atoms with E-state index in [1.807, 2.05) is 24.3 Å². The third kappa shape index (κ3) is 7.54. The van der Waals surface area contributed by atoms with Crippen LogP contribution in [0.3, 0.4) is 0 Å². The van der Waals surface area contributed by atoms with Crippen molar-refractivity contribution in [1.29, 1.82) is 0 Å². The summed E-state index contributed by atoms with van der Waals surface area (Å²) < 4.78 is 0. The van der Waals surface area contributed by atoms with Crippen molar-refractivity contribution >= 4 is 40.6 Å². The molecular weight excluding hydrogens is 458 g/mol. The summed E-state index contributed by atoms with van der Waals surface area (Å²) in [4.78, 5) is 63.3. The molecule has 0 aliphatic rings. The van der Waals surface area contributed by atoms with Crippen molar-refractivity contribution in [2.24, 2.45) is 11.7 Å². The number of aromatic nitrogens is 1. The molecule has 0 aliphatic carbocycles. The molecule has 2 rings (SSSR count). The monoisotopic (exact) mass is 489 g/mol. The Balaban J connectivity index is 2.08. The summed E-state index contributed by atoms with van der Waals surface area (Å²) >= 11 is 0. The molecule has 8 N–H and O–H groups in total. The second-order valence-electron chi connectivity index (χ2n) is 8.63. The van der Waals surface area contributed by atoms with E-state index in [1.54, 1.807) is 20.0 Å². The molecule has 0 bridgehead atoms. The van der Waals surface area contributed by atoms with Crippen molar-refractivity contribution < 1.29 is 34.2 Å². The Morgan fingerprint density at radius 1 is 0.943 bits per heavy atom. The van der Waals surface area contributed by atoms with Gasteiger partial charge in [-0.05, 0) is 30.9 Å². The van der Waals surface area contributed by atoms with Crippen LogP contribution < -0.4 is 21.7 Å². The van der Waals surface area contributed by atoms with Crippen LogP contribution in [-0.4, -0.2) is 69.0 Å². The number of nitrogens with two attached hydrogens (primary N) is 1. The molecule has 190 valence electrons. The van der Waals surface area contributed by atoms with E-state index in [0.29, 0.717) is 0 Å². The molecule has 0 fully saturated rings. The molecule has 3 amide bonds. The molecule has 12 nitrogen and oxygen atoms in total. The van der Waals surface area contributed by atoms with Crippen LogP contribution in [-0.2, 0) is 30.4 Å². The molecule has 1 aromatic heterocycles. The van der Waals surface area contributed by atoms with E-state index < -0.39 is 66.2 Å². The van der Waals surface area contributed by atoms with E-state index >= 15 is 0 Å². The molecular formula is C23H31N5O7. The van der Waals surface area contributed by atoms with Crippen LogP contribution in [0.25, 0.3) is 10.9 Å². The van der Waals surface area contributed by atoms with Gasteiger partial charge < -0.3 is 36.9 Å². The number of carbonyl (C=O) groups excluding carboxylic acids is 3.